The maximum atomic E-state index is 10.6. The monoisotopic (exact) mass is 223 g/mol. The minimum Gasteiger partial charge on any atom is -0.381 e. The Kier molecular flexibility index (Phi) is 3.09. The molecule has 2 rings (SSSR count). The minimum absolute atomic E-state index is 0.0178. The molecule has 2 heterocycles. The van der Waals surface area contributed by atoms with Crippen molar-refractivity contribution in [1.29, 1.82) is 0 Å². The first-order valence-corrected chi connectivity index (χ1v) is 5.24. The van der Waals surface area contributed by atoms with E-state index in [1.165, 1.54) is 6.20 Å². The summed E-state index contributed by atoms with van der Waals surface area (Å²) in [4.78, 5) is 18.4. The van der Waals surface area contributed by atoms with Crippen LogP contribution in [0.4, 0.5) is 5.69 Å². The Morgan fingerprint density at radius 3 is 2.75 bits per heavy atom. The van der Waals surface area contributed by atoms with Crippen LogP contribution in [0, 0.1) is 17.0 Å². The zero-order valence-electron chi connectivity index (χ0n) is 9.05. The molecule has 1 aliphatic rings. The van der Waals surface area contributed by atoms with Gasteiger partial charge in [-0.15, -0.1) is 0 Å². The van der Waals surface area contributed by atoms with Crippen LogP contribution in [0.3, 0.4) is 0 Å². The number of ether oxygens (including phenoxy) is 1. The molecule has 0 aromatic carbocycles. The highest BCUT2D eigenvalue weighted by atomic mass is 16.6. The molecule has 86 valence electrons. The number of aryl methyl sites for hydroxylation is 1. The van der Waals surface area contributed by atoms with Crippen molar-refractivity contribution < 1.29 is 9.66 Å². The summed E-state index contributed by atoms with van der Waals surface area (Å²) in [6.07, 6.45) is 3.07. The summed E-state index contributed by atoms with van der Waals surface area (Å²) < 4.78 is 5.25. The molecule has 6 nitrogen and oxygen atoms in total. The normalized spacial score (nSPS) is 17.3. The number of aromatic nitrogens is 2. The Labute approximate surface area is 92.8 Å². The van der Waals surface area contributed by atoms with E-state index in [0.717, 1.165) is 12.8 Å². The van der Waals surface area contributed by atoms with Crippen molar-refractivity contribution in [1.82, 2.24) is 9.97 Å². The number of nitro groups is 1. The lowest BCUT2D eigenvalue weighted by Crippen LogP contribution is -2.16. The molecule has 0 unspecified atom stereocenters. The van der Waals surface area contributed by atoms with Gasteiger partial charge in [-0.05, 0) is 19.8 Å². The molecule has 0 spiro atoms. The molecule has 0 N–H and O–H groups in total. The van der Waals surface area contributed by atoms with Crippen molar-refractivity contribution in [2.45, 2.75) is 25.7 Å². The van der Waals surface area contributed by atoms with Gasteiger partial charge in [0.05, 0.1) is 4.92 Å². The first-order valence-electron chi connectivity index (χ1n) is 5.24. The van der Waals surface area contributed by atoms with E-state index in [2.05, 4.69) is 9.97 Å². The molecule has 1 aliphatic heterocycles. The molecule has 16 heavy (non-hydrogen) atoms. The van der Waals surface area contributed by atoms with Gasteiger partial charge in [-0.2, -0.15) is 0 Å². The first-order chi connectivity index (χ1) is 7.68. The molecule has 0 bridgehead atoms. The van der Waals surface area contributed by atoms with Gasteiger partial charge in [-0.1, -0.05) is 0 Å². The lowest BCUT2D eigenvalue weighted by Gasteiger charge is -2.20. The summed E-state index contributed by atoms with van der Waals surface area (Å²) >= 11 is 0. The van der Waals surface area contributed by atoms with Crippen LogP contribution in [0.1, 0.15) is 30.3 Å². The van der Waals surface area contributed by atoms with E-state index in [-0.39, 0.29) is 11.6 Å². The fourth-order valence-corrected chi connectivity index (χ4v) is 1.81. The molecular weight excluding hydrogens is 210 g/mol. The van der Waals surface area contributed by atoms with Crippen molar-refractivity contribution in [3.63, 3.8) is 0 Å². The lowest BCUT2D eigenvalue weighted by atomic mass is 9.99. The van der Waals surface area contributed by atoms with Gasteiger partial charge in [0.15, 0.2) is 0 Å². The standard InChI is InChI=1S/C10H13N3O3/c1-7-9(13(14)15)6-11-10(12-7)8-2-4-16-5-3-8/h6,8H,2-5H2,1H3. The Bertz CT molecular complexity index is 402. The zero-order chi connectivity index (χ0) is 11.5. The maximum absolute atomic E-state index is 10.6. The van der Waals surface area contributed by atoms with Crippen LogP contribution in [-0.2, 0) is 4.74 Å². The third kappa shape index (κ3) is 2.16. The van der Waals surface area contributed by atoms with E-state index in [1.54, 1.807) is 6.92 Å². The Balaban J connectivity index is 2.23. The fourth-order valence-electron chi connectivity index (χ4n) is 1.81. The number of nitrogens with zero attached hydrogens (tertiary/aromatic N) is 3. The average Bonchev–Trinajstić information content (AvgIpc) is 2.29. The molecule has 0 radical (unpaired) electrons. The highest BCUT2D eigenvalue weighted by Gasteiger charge is 2.21. The fraction of sp³-hybridized carbons (Fsp3) is 0.600. The van der Waals surface area contributed by atoms with E-state index >= 15 is 0 Å². The van der Waals surface area contributed by atoms with Crippen molar-refractivity contribution in [3.8, 4) is 0 Å². The van der Waals surface area contributed by atoms with Gasteiger partial charge in [-0.3, -0.25) is 10.1 Å². The predicted octanol–water partition coefficient (Wildman–Crippen LogP) is 1.59. The average molecular weight is 223 g/mol. The third-order valence-electron chi connectivity index (χ3n) is 2.76. The van der Waals surface area contributed by atoms with E-state index < -0.39 is 4.92 Å². The van der Waals surface area contributed by atoms with Gasteiger partial charge in [0.1, 0.15) is 17.7 Å². The van der Waals surface area contributed by atoms with Crippen LogP contribution in [-0.4, -0.2) is 28.1 Å². The van der Waals surface area contributed by atoms with E-state index in [1.807, 2.05) is 0 Å². The molecule has 0 atom stereocenters. The summed E-state index contributed by atoms with van der Waals surface area (Å²) in [5, 5.41) is 10.6. The van der Waals surface area contributed by atoms with Crippen LogP contribution >= 0.6 is 0 Å². The van der Waals surface area contributed by atoms with E-state index in [9.17, 15) is 10.1 Å². The highest BCUT2D eigenvalue weighted by Crippen LogP contribution is 2.25. The van der Waals surface area contributed by atoms with Crippen LogP contribution in [0.5, 0.6) is 0 Å². The van der Waals surface area contributed by atoms with Gasteiger partial charge in [0.2, 0.25) is 0 Å². The maximum Gasteiger partial charge on any atom is 0.308 e. The number of hydrogen-bond donors (Lipinski definition) is 0. The molecule has 0 saturated carbocycles. The van der Waals surface area contributed by atoms with Crippen LogP contribution < -0.4 is 0 Å². The largest absolute Gasteiger partial charge is 0.381 e. The SMILES string of the molecule is Cc1nc(C2CCOCC2)ncc1[N+](=O)[O-]. The van der Waals surface area contributed by atoms with Gasteiger partial charge >= 0.3 is 5.69 Å². The number of rotatable bonds is 2. The topological polar surface area (TPSA) is 78.2 Å². The van der Waals surface area contributed by atoms with Gasteiger partial charge < -0.3 is 4.74 Å². The first kappa shape index (κ1) is 10.9. The van der Waals surface area contributed by atoms with Gasteiger partial charge in [0, 0.05) is 19.1 Å². The number of hydrogen-bond acceptors (Lipinski definition) is 5. The molecular formula is C10H13N3O3. The molecule has 1 saturated heterocycles. The lowest BCUT2D eigenvalue weighted by molar-refractivity contribution is -0.386. The molecule has 1 aromatic heterocycles. The smallest absolute Gasteiger partial charge is 0.308 e. The Morgan fingerprint density at radius 1 is 1.50 bits per heavy atom. The minimum atomic E-state index is -0.455. The highest BCUT2D eigenvalue weighted by molar-refractivity contribution is 5.31. The van der Waals surface area contributed by atoms with Gasteiger partial charge in [-0.25, -0.2) is 9.97 Å². The summed E-state index contributed by atoms with van der Waals surface area (Å²) in [7, 11) is 0. The second kappa shape index (κ2) is 4.52. The zero-order valence-corrected chi connectivity index (χ0v) is 9.05. The van der Waals surface area contributed by atoms with Crippen LogP contribution in [0.2, 0.25) is 0 Å². The third-order valence-corrected chi connectivity index (χ3v) is 2.76. The summed E-state index contributed by atoms with van der Waals surface area (Å²) in [6, 6.07) is 0. The van der Waals surface area contributed by atoms with E-state index in [0.29, 0.717) is 24.7 Å². The second-order valence-electron chi connectivity index (χ2n) is 3.84. The summed E-state index contributed by atoms with van der Waals surface area (Å²) in [5.74, 6) is 0.972. The van der Waals surface area contributed by atoms with Crippen molar-refractivity contribution in [2.75, 3.05) is 13.2 Å². The van der Waals surface area contributed by atoms with Crippen molar-refractivity contribution >= 4 is 5.69 Å². The van der Waals surface area contributed by atoms with Crippen molar-refractivity contribution in [3.05, 3.63) is 27.8 Å². The molecule has 1 fully saturated rings. The molecule has 6 heteroatoms. The summed E-state index contributed by atoms with van der Waals surface area (Å²) in [5.41, 5.74) is 0.414. The van der Waals surface area contributed by atoms with Crippen molar-refractivity contribution in [2.24, 2.45) is 0 Å². The second-order valence-corrected chi connectivity index (χ2v) is 3.84. The van der Waals surface area contributed by atoms with Crippen LogP contribution in [0.15, 0.2) is 6.20 Å². The van der Waals surface area contributed by atoms with E-state index in [4.69, 9.17) is 4.74 Å². The predicted molar refractivity (Wildman–Crippen MR) is 56.2 cm³/mol. The Hall–Kier alpha value is -1.56. The summed E-state index contributed by atoms with van der Waals surface area (Å²) in [6.45, 7) is 3.07. The molecule has 1 aromatic rings. The van der Waals surface area contributed by atoms with Gasteiger partial charge in [0.25, 0.3) is 0 Å². The van der Waals surface area contributed by atoms with Crippen LogP contribution in [0.25, 0.3) is 0 Å². The molecule has 0 aliphatic carbocycles. The quantitative estimate of drug-likeness (QED) is 0.562. The Morgan fingerprint density at radius 2 is 2.19 bits per heavy atom. The molecule has 0 amide bonds.